The van der Waals surface area contributed by atoms with Crippen molar-refractivity contribution in [1.29, 1.82) is 0 Å². The van der Waals surface area contributed by atoms with Crippen LogP contribution in [0.15, 0.2) is 48.5 Å². The molecule has 35 heavy (non-hydrogen) atoms. The van der Waals surface area contributed by atoms with Crippen molar-refractivity contribution in [2.24, 2.45) is 0 Å². The summed E-state index contributed by atoms with van der Waals surface area (Å²) >= 11 is 0. The number of nitrogens with zero attached hydrogens (tertiary/aromatic N) is 2. The Balaban J connectivity index is 2.35. The number of hydrogen-bond acceptors (Lipinski definition) is 6. The van der Waals surface area contributed by atoms with Crippen molar-refractivity contribution in [2.75, 3.05) is 37.9 Å². The van der Waals surface area contributed by atoms with E-state index in [1.165, 1.54) is 12.0 Å². The summed E-state index contributed by atoms with van der Waals surface area (Å²) in [6.45, 7) is 3.83. The SMILES string of the molecule is CCCCNC(=O)[C@@H](C)N(Cc1ccc(OC)cc1)C(=O)CN(c1cccc(OC)c1)S(C)(=O)=O. The molecule has 0 aliphatic carbocycles. The van der Waals surface area contributed by atoms with Crippen LogP contribution in [0.1, 0.15) is 32.3 Å². The summed E-state index contributed by atoms with van der Waals surface area (Å²) in [4.78, 5) is 27.7. The van der Waals surface area contributed by atoms with Gasteiger partial charge < -0.3 is 19.7 Å². The Morgan fingerprint density at radius 3 is 2.26 bits per heavy atom. The predicted octanol–water partition coefficient (Wildman–Crippen LogP) is 2.80. The molecule has 1 N–H and O–H groups in total. The van der Waals surface area contributed by atoms with Crippen LogP contribution >= 0.6 is 0 Å². The fourth-order valence-electron chi connectivity index (χ4n) is 3.43. The number of hydrogen-bond donors (Lipinski definition) is 1. The van der Waals surface area contributed by atoms with Crippen molar-refractivity contribution in [1.82, 2.24) is 10.2 Å². The number of carbonyl (C=O) groups excluding carboxylic acids is 2. The molecule has 2 rings (SSSR count). The number of methoxy groups -OCH3 is 2. The van der Waals surface area contributed by atoms with Crippen molar-refractivity contribution >= 4 is 27.5 Å². The monoisotopic (exact) mass is 505 g/mol. The lowest BCUT2D eigenvalue weighted by Crippen LogP contribution is -2.51. The number of amides is 2. The molecule has 0 fully saturated rings. The van der Waals surface area contributed by atoms with Gasteiger partial charge in [0.2, 0.25) is 21.8 Å². The van der Waals surface area contributed by atoms with Crippen molar-refractivity contribution in [2.45, 2.75) is 39.3 Å². The molecule has 0 radical (unpaired) electrons. The highest BCUT2D eigenvalue weighted by Crippen LogP contribution is 2.24. The molecule has 9 nitrogen and oxygen atoms in total. The van der Waals surface area contributed by atoms with Crippen molar-refractivity contribution in [3.63, 3.8) is 0 Å². The minimum Gasteiger partial charge on any atom is -0.497 e. The standard InChI is InChI=1S/C25H35N3O6S/c1-6-7-15-26-25(30)19(2)27(17-20-11-13-22(33-3)14-12-20)24(29)18-28(35(5,31)32)21-9-8-10-23(16-21)34-4/h8-14,16,19H,6-7,15,17-18H2,1-5H3,(H,26,30)/t19-/m1/s1. The zero-order valence-electron chi connectivity index (χ0n) is 21.0. The maximum atomic E-state index is 13.5. The molecule has 0 aliphatic heterocycles. The number of ether oxygens (including phenoxy) is 2. The molecule has 2 aromatic carbocycles. The molecule has 0 aliphatic rings. The summed E-state index contributed by atoms with van der Waals surface area (Å²) in [6.07, 6.45) is 2.78. The van der Waals surface area contributed by atoms with Gasteiger partial charge in [-0.1, -0.05) is 31.5 Å². The number of carbonyl (C=O) groups is 2. The lowest BCUT2D eigenvalue weighted by atomic mass is 10.1. The lowest BCUT2D eigenvalue weighted by Gasteiger charge is -2.31. The van der Waals surface area contributed by atoms with Gasteiger partial charge in [0, 0.05) is 19.2 Å². The summed E-state index contributed by atoms with van der Waals surface area (Å²) in [5.74, 6) is 0.320. The van der Waals surface area contributed by atoms with Gasteiger partial charge >= 0.3 is 0 Å². The maximum absolute atomic E-state index is 13.5. The molecular weight excluding hydrogens is 470 g/mol. The Kier molecular flexibility index (Phi) is 10.4. The highest BCUT2D eigenvalue weighted by molar-refractivity contribution is 7.92. The van der Waals surface area contributed by atoms with Crippen LogP contribution < -0.4 is 19.1 Å². The highest BCUT2D eigenvalue weighted by atomic mass is 32.2. The maximum Gasteiger partial charge on any atom is 0.244 e. The first-order valence-corrected chi connectivity index (χ1v) is 13.3. The Hall–Kier alpha value is -3.27. The first kappa shape index (κ1) is 28.0. The zero-order chi connectivity index (χ0) is 26.0. The van der Waals surface area contributed by atoms with Crippen LogP contribution in [0.4, 0.5) is 5.69 Å². The Morgan fingerprint density at radius 2 is 1.69 bits per heavy atom. The van der Waals surface area contributed by atoms with Crippen LogP contribution in [0.2, 0.25) is 0 Å². The van der Waals surface area contributed by atoms with Crippen LogP contribution in [0.5, 0.6) is 11.5 Å². The van der Waals surface area contributed by atoms with Crippen LogP contribution in [0.3, 0.4) is 0 Å². The largest absolute Gasteiger partial charge is 0.497 e. The molecule has 0 heterocycles. The lowest BCUT2D eigenvalue weighted by molar-refractivity contribution is -0.139. The third kappa shape index (κ3) is 8.17. The van der Waals surface area contributed by atoms with Crippen molar-refractivity contribution in [3.8, 4) is 11.5 Å². The molecule has 0 saturated carbocycles. The van der Waals surface area contributed by atoms with E-state index in [1.807, 2.05) is 6.92 Å². The summed E-state index contributed by atoms with van der Waals surface area (Å²) in [5, 5.41) is 2.85. The number of rotatable bonds is 13. The van der Waals surface area contributed by atoms with Crippen LogP contribution in [-0.2, 0) is 26.2 Å². The average Bonchev–Trinajstić information content (AvgIpc) is 2.85. The third-order valence-corrected chi connectivity index (χ3v) is 6.67. The van der Waals surface area contributed by atoms with Gasteiger partial charge in [-0.15, -0.1) is 0 Å². The van der Waals surface area contributed by atoms with E-state index in [9.17, 15) is 18.0 Å². The van der Waals surface area contributed by atoms with Crippen LogP contribution in [0.25, 0.3) is 0 Å². The number of nitrogens with one attached hydrogen (secondary N) is 1. The Labute approximate surface area is 208 Å². The van der Waals surface area contributed by atoms with Gasteiger partial charge in [0.15, 0.2) is 0 Å². The summed E-state index contributed by atoms with van der Waals surface area (Å²) in [7, 11) is -0.766. The first-order chi connectivity index (χ1) is 16.6. The molecule has 0 bridgehead atoms. The molecule has 2 amide bonds. The fraction of sp³-hybridized carbons (Fsp3) is 0.440. The molecule has 192 valence electrons. The second-order valence-electron chi connectivity index (χ2n) is 8.16. The molecule has 0 spiro atoms. The van der Waals surface area contributed by atoms with Gasteiger partial charge in [-0.05, 0) is 43.2 Å². The zero-order valence-corrected chi connectivity index (χ0v) is 21.8. The second-order valence-corrected chi connectivity index (χ2v) is 10.1. The average molecular weight is 506 g/mol. The minimum absolute atomic E-state index is 0.126. The molecule has 0 unspecified atom stereocenters. The van der Waals surface area contributed by atoms with Gasteiger partial charge in [0.25, 0.3) is 0 Å². The van der Waals surface area contributed by atoms with Gasteiger partial charge in [-0.3, -0.25) is 13.9 Å². The molecule has 0 aromatic heterocycles. The third-order valence-electron chi connectivity index (χ3n) is 5.53. The van der Waals surface area contributed by atoms with Crippen molar-refractivity contribution < 1.29 is 27.5 Å². The van der Waals surface area contributed by atoms with Gasteiger partial charge in [0.05, 0.1) is 26.2 Å². The molecule has 2 aromatic rings. The summed E-state index contributed by atoms with van der Waals surface area (Å²) in [5.41, 5.74) is 1.07. The highest BCUT2D eigenvalue weighted by Gasteiger charge is 2.30. The van der Waals surface area contributed by atoms with E-state index >= 15 is 0 Å². The number of unbranched alkanes of at least 4 members (excludes halogenated alkanes) is 1. The minimum atomic E-state index is -3.80. The van der Waals surface area contributed by atoms with Gasteiger partial charge in [-0.2, -0.15) is 0 Å². The smallest absolute Gasteiger partial charge is 0.244 e. The second kappa shape index (κ2) is 13.0. The predicted molar refractivity (Wildman–Crippen MR) is 136 cm³/mol. The Bertz CT molecular complexity index is 1090. The van der Waals surface area contributed by atoms with E-state index in [0.717, 1.165) is 29.0 Å². The van der Waals surface area contributed by atoms with Crippen LogP contribution in [-0.4, -0.2) is 64.7 Å². The molecule has 10 heteroatoms. The number of anilines is 1. The summed E-state index contributed by atoms with van der Waals surface area (Å²) in [6, 6.07) is 12.8. The fourth-order valence-corrected chi connectivity index (χ4v) is 4.27. The number of sulfonamides is 1. The van der Waals surface area contributed by atoms with Crippen molar-refractivity contribution in [3.05, 3.63) is 54.1 Å². The van der Waals surface area contributed by atoms with Gasteiger partial charge in [0.1, 0.15) is 24.1 Å². The Morgan fingerprint density at radius 1 is 1.03 bits per heavy atom. The topological polar surface area (TPSA) is 105 Å². The quantitative estimate of drug-likeness (QED) is 0.420. The molecule has 1 atom stereocenters. The van der Waals surface area contributed by atoms with Gasteiger partial charge in [-0.25, -0.2) is 8.42 Å². The van der Waals surface area contributed by atoms with E-state index in [4.69, 9.17) is 9.47 Å². The van der Waals surface area contributed by atoms with E-state index in [0.29, 0.717) is 23.7 Å². The first-order valence-electron chi connectivity index (χ1n) is 11.4. The summed E-state index contributed by atoms with van der Waals surface area (Å²) < 4.78 is 36.6. The normalized spacial score (nSPS) is 11.9. The number of benzene rings is 2. The van der Waals surface area contributed by atoms with Crippen LogP contribution in [0, 0.1) is 0 Å². The van der Waals surface area contributed by atoms with E-state index in [2.05, 4.69) is 5.32 Å². The van der Waals surface area contributed by atoms with E-state index < -0.39 is 28.5 Å². The van der Waals surface area contributed by atoms with E-state index in [-0.39, 0.29) is 12.5 Å². The molecule has 0 saturated heterocycles. The van der Waals surface area contributed by atoms with E-state index in [1.54, 1.807) is 62.6 Å². The molecular formula is C25H35N3O6S.